The molecule has 3 heterocycles. The van der Waals surface area contributed by atoms with Crippen LogP contribution < -0.4 is 0 Å². The van der Waals surface area contributed by atoms with Gasteiger partial charge in [0.05, 0.1) is 0 Å². The highest BCUT2D eigenvalue weighted by Gasteiger charge is 2.19. The molecule has 0 unspecified atom stereocenters. The van der Waals surface area contributed by atoms with Crippen LogP contribution in [0.5, 0.6) is 0 Å². The molecule has 11 aromatic rings. The van der Waals surface area contributed by atoms with Gasteiger partial charge in [-0.05, 0) is 58.1 Å². The number of fused-ring (bicyclic) bond motifs is 6. The van der Waals surface area contributed by atoms with Crippen LogP contribution in [0.25, 0.3) is 110 Å². The van der Waals surface area contributed by atoms with Gasteiger partial charge in [0.25, 0.3) is 0 Å². The summed E-state index contributed by atoms with van der Waals surface area (Å²) in [6.07, 6.45) is 0. The highest BCUT2D eigenvalue weighted by molar-refractivity contribution is 7.26. The Labute approximate surface area is 327 Å². The molecule has 0 radical (unpaired) electrons. The maximum atomic E-state index is 6.60. The second kappa shape index (κ2) is 13.3. The number of furan rings is 1. The van der Waals surface area contributed by atoms with Crippen molar-refractivity contribution in [3.05, 3.63) is 188 Å². The third kappa shape index (κ3) is 5.56. The molecule has 0 amide bonds. The second-order valence-electron chi connectivity index (χ2n) is 14.0. The van der Waals surface area contributed by atoms with Gasteiger partial charge in [0, 0.05) is 53.2 Å². The summed E-state index contributed by atoms with van der Waals surface area (Å²) in [5.74, 6) is 1.96. The zero-order valence-corrected chi connectivity index (χ0v) is 30.9. The highest BCUT2D eigenvalue weighted by atomic mass is 32.1. The van der Waals surface area contributed by atoms with Gasteiger partial charge in [-0.2, -0.15) is 0 Å². The largest absolute Gasteiger partial charge is 0.455 e. The van der Waals surface area contributed by atoms with Crippen molar-refractivity contribution in [1.82, 2.24) is 15.0 Å². The third-order valence-corrected chi connectivity index (χ3v) is 11.7. The van der Waals surface area contributed by atoms with Crippen LogP contribution in [0.1, 0.15) is 0 Å². The van der Waals surface area contributed by atoms with Crippen molar-refractivity contribution in [3.8, 4) is 67.5 Å². The quantitative estimate of drug-likeness (QED) is 0.171. The molecule has 0 atom stereocenters. The number of aromatic nitrogens is 3. The van der Waals surface area contributed by atoms with E-state index in [4.69, 9.17) is 19.4 Å². The number of benzene rings is 8. The maximum absolute atomic E-state index is 6.60. The predicted molar refractivity (Wildman–Crippen MR) is 233 cm³/mol. The van der Waals surface area contributed by atoms with E-state index in [2.05, 4.69) is 121 Å². The molecule has 56 heavy (non-hydrogen) atoms. The summed E-state index contributed by atoms with van der Waals surface area (Å²) in [5.41, 5.74) is 11.6. The Morgan fingerprint density at radius 3 is 1.61 bits per heavy atom. The van der Waals surface area contributed by atoms with Gasteiger partial charge in [0.2, 0.25) is 0 Å². The van der Waals surface area contributed by atoms with E-state index in [1.807, 2.05) is 66.7 Å². The van der Waals surface area contributed by atoms with Crippen LogP contribution in [0, 0.1) is 0 Å². The monoisotopic (exact) mass is 733 g/mol. The zero-order valence-electron chi connectivity index (χ0n) is 30.1. The summed E-state index contributed by atoms with van der Waals surface area (Å²) in [6, 6.07) is 65.8. The molecule has 3 aromatic heterocycles. The summed E-state index contributed by atoms with van der Waals surface area (Å²) in [7, 11) is 0. The molecule has 0 bridgehead atoms. The molecule has 8 aromatic carbocycles. The first-order valence-corrected chi connectivity index (χ1v) is 19.5. The number of hydrogen-bond donors (Lipinski definition) is 0. The number of rotatable bonds is 6. The first-order chi connectivity index (χ1) is 27.7. The standard InChI is InChI=1S/C51H31N3OS/c1-4-13-32(14-5-1)33-23-25-34(26-24-33)42-29-38(30-43-40-19-10-11-21-44(40)55-48(42)43)39-20-12-22-45-47(39)41-28-27-37(31-46(41)56-45)51-53-49(35-15-6-2-7-16-35)52-50(54-51)36-17-8-3-9-18-36/h1-31H. The topological polar surface area (TPSA) is 51.8 Å². The van der Waals surface area contributed by atoms with Crippen LogP contribution in [0.4, 0.5) is 0 Å². The summed E-state index contributed by atoms with van der Waals surface area (Å²) >= 11 is 1.80. The molecule has 5 heteroatoms. The van der Waals surface area contributed by atoms with Gasteiger partial charge >= 0.3 is 0 Å². The van der Waals surface area contributed by atoms with Crippen molar-refractivity contribution >= 4 is 53.4 Å². The van der Waals surface area contributed by atoms with Crippen LogP contribution in [0.15, 0.2) is 192 Å². The Bertz CT molecular complexity index is 3170. The van der Waals surface area contributed by atoms with Crippen molar-refractivity contribution < 1.29 is 4.42 Å². The fourth-order valence-electron chi connectivity index (χ4n) is 7.81. The lowest BCUT2D eigenvalue weighted by Gasteiger charge is -2.11. The van der Waals surface area contributed by atoms with Gasteiger partial charge in [0.15, 0.2) is 17.5 Å². The van der Waals surface area contributed by atoms with E-state index in [0.717, 1.165) is 55.3 Å². The Kier molecular flexibility index (Phi) is 7.64. The summed E-state index contributed by atoms with van der Waals surface area (Å²) in [4.78, 5) is 14.9. The predicted octanol–water partition coefficient (Wildman–Crippen LogP) is 14.1. The van der Waals surface area contributed by atoms with E-state index in [1.54, 1.807) is 11.3 Å². The molecular weight excluding hydrogens is 703 g/mol. The lowest BCUT2D eigenvalue weighted by molar-refractivity contribution is 0.670. The molecular formula is C51H31N3OS. The summed E-state index contributed by atoms with van der Waals surface area (Å²) in [6.45, 7) is 0. The minimum atomic E-state index is 0.650. The molecule has 0 fully saturated rings. The molecule has 4 nitrogen and oxygen atoms in total. The lowest BCUT2D eigenvalue weighted by Crippen LogP contribution is -1.99. The van der Waals surface area contributed by atoms with Crippen LogP contribution in [0.2, 0.25) is 0 Å². The first kappa shape index (κ1) is 32.2. The molecule has 0 aliphatic carbocycles. The SMILES string of the molecule is c1ccc(-c2ccc(-c3cc(-c4cccc5sc6cc(-c7nc(-c8ccccc8)nc(-c8ccccc8)n7)ccc6c45)cc4c3oc3ccccc34)cc2)cc1. The zero-order chi connectivity index (χ0) is 37.0. The average Bonchev–Trinajstić information content (AvgIpc) is 3.85. The van der Waals surface area contributed by atoms with E-state index in [0.29, 0.717) is 17.5 Å². The number of hydrogen-bond acceptors (Lipinski definition) is 5. The Morgan fingerprint density at radius 1 is 0.339 bits per heavy atom. The minimum absolute atomic E-state index is 0.650. The normalized spacial score (nSPS) is 11.6. The maximum Gasteiger partial charge on any atom is 0.164 e. The van der Waals surface area contributed by atoms with Crippen molar-refractivity contribution in [1.29, 1.82) is 0 Å². The van der Waals surface area contributed by atoms with Crippen molar-refractivity contribution in [2.45, 2.75) is 0 Å². The van der Waals surface area contributed by atoms with Crippen LogP contribution in [-0.2, 0) is 0 Å². The molecule has 0 spiro atoms. The van der Waals surface area contributed by atoms with Gasteiger partial charge in [-0.3, -0.25) is 0 Å². The van der Waals surface area contributed by atoms with E-state index in [-0.39, 0.29) is 0 Å². The number of nitrogens with zero attached hydrogens (tertiary/aromatic N) is 3. The summed E-state index contributed by atoms with van der Waals surface area (Å²) < 4.78 is 9.01. The Morgan fingerprint density at radius 2 is 0.911 bits per heavy atom. The molecule has 0 aliphatic heterocycles. The van der Waals surface area contributed by atoms with Crippen molar-refractivity contribution in [3.63, 3.8) is 0 Å². The van der Waals surface area contributed by atoms with Crippen LogP contribution >= 0.6 is 11.3 Å². The van der Waals surface area contributed by atoms with Crippen molar-refractivity contribution in [2.24, 2.45) is 0 Å². The molecule has 262 valence electrons. The molecule has 0 aliphatic rings. The molecule has 11 rings (SSSR count). The van der Waals surface area contributed by atoms with Crippen molar-refractivity contribution in [2.75, 3.05) is 0 Å². The van der Waals surface area contributed by atoms with Crippen LogP contribution in [0.3, 0.4) is 0 Å². The number of para-hydroxylation sites is 1. The fourth-order valence-corrected chi connectivity index (χ4v) is 8.98. The van der Waals surface area contributed by atoms with E-state index in [1.165, 1.54) is 36.9 Å². The number of thiophene rings is 1. The van der Waals surface area contributed by atoms with Gasteiger partial charge in [-0.15, -0.1) is 11.3 Å². The lowest BCUT2D eigenvalue weighted by atomic mass is 9.92. The smallest absolute Gasteiger partial charge is 0.164 e. The second-order valence-corrected chi connectivity index (χ2v) is 15.1. The van der Waals surface area contributed by atoms with E-state index >= 15 is 0 Å². The minimum Gasteiger partial charge on any atom is -0.455 e. The highest BCUT2D eigenvalue weighted by Crippen LogP contribution is 2.45. The van der Waals surface area contributed by atoms with Gasteiger partial charge < -0.3 is 4.42 Å². The molecule has 0 saturated heterocycles. The van der Waals surface area contributed by atoms with Gasteiger partial charge in [0.1, 0.15) is 11.2 Å². The molecule has 0 N–H and O–H groups in total. The summed E-state index contributed by atoms with van der Waals surface area (Å²) in [5, 5.41) is 4.66. The average molecular weight is 734 g/mol. The Hall–Kier alpha value is -7.21. The van der Waals surface area contributed by atoms with E-state index < -0.39 is 0 Å². The van der Waals surface area contributed by atoms with Gasteiger partial charge in [-0.1, -0.05) is 158 Å². The van der Waals surface area contributed by atoms with Gasteiger partial charge in [-0.25, -0.2) is 15.0 Å². The van der Waals surface area contributed by atoms with E-state index in [9.17, 15) is 0 Å². The Balaban J connectivity index is 1.07. The van der Waals surface area contributed by atoms with Crippen LogP contribution in [-0.4, -0.2) is 15.0 Å². The third-order valence-electron chi connectivity index (χ3n) is 10.5. The first-order valence-electron chi connectivity index (χ1n) is 18.7. The fraction of sp³-hybridized carbons (Fsp3) is 0. The molecule has 0 saturated carbocycles.